The second-order valence-electron chi connectivity index (χ2n) is 4.87. The zero-order valence-corrected chi connectivity index (χ0v) is 13.3. The number of nitrogens with zero attached hydrogens (tertiary/aromatic N) is 1. The van der Waals surface area contributed by atoms with E-state index in [1.54, 1.807) is 0 Å². The topological polar surface area (TPSA) is 32.3 Å². The van der Waals surface area contributed by atoms with Gasteiger partial charge in [0.15, 0.2) is 0 Å². The van der Waals surface area contributed by atoms with Crippen LogP contribution in [0.5, 0.6) is 0 Å². The number of halogens is 2. The molecule has 1 aliphatic heterocycles. The summed E-state index contributed by atoms with van der Waals surface area (Å²) in [6.07, 6.45) is 2.51. The van der Waals surface area contributed by atoms with E-state index in [0.717, 1.165) is 36.0 Å². The van der Waals surface area contributed by atoms with Crippen LogP contribution in [0.2, 0.25) is 5.02 Å². The fourth-order valence-electron chi connectivity index (χ4n) is 2.35. The molecule has 0 aromatic heterocycles. The Bertz CT molecular complexity index is 459. The molecule has 0 radical (unpaired) electrons. The summed E-state index contributed by atoms with van der Waals surface area (Å²) in [6.45, 7) is 1.69. The van der Waals surface area contributed by atoms with Crippen LogP contribution in [0, 0.1) is 0 Å². The number of rotatable bonds is 3. The summed E-state index contributed by atoms with van der Waals surface area (Å²) >= 11 is 9.33. The van der Waals surface area contributed by atoms with E-state index < -0.39 is 0 Å². The van der Waals surface area contributed by atoms with Crippen LogP contribution in [0.1, 0.15) is 18.4 Å². The molecule has 1 aromatic rings. The Labute approximate surface area is 127 Å². The van der Waals surface area contributed by atoms with E-state index >= 15 is 0 Å². The third-order valence-corrected chi connectivity index (χ3v) is 4.81. The molecule has 104 valence electrons. The minimum absolute atomic E-state index is 0.198. The van der Waals surface area contributed by atoms with Gasteiger partial charge in [-0.15, -0.1) is 0 Å². The number of nitrogens with one attached hydrogen (secondary N) is 1. The largest absolute Gasteiger partial charge is 0.342 e. The van der Waals surface area contributed by atoms with E-state index in [2.05, 4.69) is 21.2 Å². The number of piperidine rings is 1. The minimum Gasteiger partial charge on any atom is -0.342 e. The molecule has 0 aliphatic carbocycles. The SMILES string of the molecule is CNC1CCN(C(=O)Cc2ccc(Cl)c(Br)c2)CC1. The van der Waals surface area contributed by atoms with Crippen LogP contribution in [-0.2, 0) is 11.2 Å². The van der Waals surface area contributed by atoms with E-state index in [1.807, 2.05) is 30.1 Å². The monoisotopic (exact) mass is 344 g/mol. The van der Waals surface area contributed by atoms with Gasteiger partial charge in [-0.25, -0.2) is 0 Å². The molecule has 5 heteroatoms. The molecule has 0 saturated carbocycles. The highest BCUT2D eigenvalue weighted by Crippen LogP contribution is 2.23. The van der Waals surface area contributed by atoms with Crippen molar-refractivity contribution in [2.75, 3.05) is 20.1 Å². The first-order chi connectivity index (χ1) is 9.10. The highest BCUT2D eigenvalue weighted by molar-refractivity contribution is 9.10. The average molecular weight is 346 g/mol. The molecule has 1 fully saturated rings. The summed E-state index contributed by atoms with van der Waals surface area (Å²) in [5, 5.41) is 3.94. The molecule has 1 amide bonds. The highest BCUT2D eigenvalue weighted by Gasteiger charge is 2.21. The van der Waals surface area contributed by atoms with Crippen molar-refractivity contribution in [2.45, 2.75) is 25.3 Å². The number of likely N-dealkylation sites (tertiary alicyclic amines) is 1. The van der Waals surface area contributed by atoms with Gasteiger partial charge in [-0.1, -0.05) is 17.7 Å². The van der Waals surface area contributed by atoms with Gasteiger partial charge in [-0.05, 0) is 53.5 Å². The van der Waals surface area contributed by atoms with Crippen LogP contribution in [0.3, 0.4) is 0 Å². The first-order valence-corrected chi connectivity index (χ1v) is 7.66. The van der Waals surface area contributed by atoms with Gasteiger partial charge in [0.25, 0.3) is 0 Å². The Balaban J connectivity index is 1.92. The fourth-order valence-corrected chi connectivity index (χ4v) is 2.90. The summed E-state index contributed by atoms with van der Waals surface area (Å²) < 4.78 is 0.841. The van der Waals surface area contributed by atoms with Crippen molar-refractivity contribution >= 4 is 33.4 Å². The smallest absolute Gasteiger partial charge is 0.226 e. The Morgan fingerprint density at radius 2 is 2.16 bits per heavy atom. The molecule has 1 aliphatic rings. The Morgan fingerprint density at radius 1 is 1.47 bits per heavy atom. The summed E-state index contributed by atoms with van der Waals surface area (Å²) in [6, 6.07) is 6.20. The van der Waals surface area contributed by atoms with E-state index in [9.17, 15) is 4.79 Å². The zero-order chi connectivity index (χ0) is 13.8. The molecule has 19 heavy (non-hydrogen) atoms. The van der Waals surface area contributed by atoms with E-state index in [1.165, 1.54) is 0 Å². The van der Waals surface area contributed by atoms with E-state index in [-0.39, 0.29) is 5.91 Å². The predicted molar refractivity (Wildman–Crippen MR) is 81.5 cm³/mol. The molecule has 1 N–H and O–H groups in total. The van der Waals surface area contributed by atoms with Crippen molar-refractivity contribution in [3.05, 3.63) is 33.3 Å². The molecule has 2 rings (SSSR count). The average Bonchev–Trinajstić information content (AvgIpc) is 2.43. The lowest BCUT2D eigenvalue weighted by molar-refractivity contribution is -0.131. The number of hydrogen-bond donors (Lipinski definition) is 1. The van der Waals surface area contributed by atoms with Gasteiger partial charge in [0.2, 0.25) is 5.91 Å². The number of hydrogen-bond acceptors (Lipinski definition) is 2. The standard InChI is InChI=1S/C14H18BrClN2O/c1-17-11-4-6-18(7-5-11)14(19)9-10-2-3-13(16)12(15)8-10/h2-3,8,11,17H,4-7,9H2,1H3. The number of carbonyl (C=O) groups is 1. The van der Waals surface area contributed by atoms with Crippen LogP contribution in [0.25, 0.3) is 0 Å². The van der Waals surface area contributed by atoms with Gasteiger partial charge in [-0.3, -0.25) is 4.79 Å². The van der Waals surface area contributed by atoms with Gasteiger partial charge in [0.05, 0.1) is 11.4 Å². The molecule has 0 atom stereocenters. The maximum atomic E-state index is 12.2. The lowest BCUT2D eigenvalue weighted by Gasteiger charge is -2.32. The second kappa shape index (κ2) is 6.73. The number of benzene rings is 1. The summed E-state index contributed by atoms with van der Waals surface area (Å²) in [4.78, 5) is 14.2. The lowest BCUT2D eigenvalue weighted by atomic mass is 10.0. The molecular weight excluding hydrogens is 328 g/mol. The lowest BCUT2D eigenvalue weighted by Crippen LogP contribution is -2.44. The number of carbonyl (C=O) groups excluding carboxylic acids is 1. The Kier molecular flexibility index (Phi) is 5.25. The zero-order valence-electron chi connectivity index (χ0n) is 11.0. The molecule has 1 aromatic carbocycles. The van der Waals surface area contributed by atoms with Gasteiger partial charge < -0.3 is 10.2 Å². The van der Waals surface area contributed by atoms with Crippen LogP contribution in [0.4, 0.5) is 0 Å². The van der Waals surface area contributed by atoms with Crippen molar-refractivity contribution in [3.63, 3.8) is 0 Å². The van der Waals surface area contributed by atoms with Crippen molar-refractivity contribution in [2.24, 2.45) is 0 Å². The second-order valence-corrected chi connectivity index (χ2v) is 6.13. The van der Waals surface area contributed by atoms with E-state index in [0.29, 0.717) is 17.5 Å². The summed E-state index contributed by atoms with van der Waals surface area (Å²) in [5.74, 6) is 0.198. The predicted octanol–water partition coefficient (Wildman–Crippen LogP) is 2.86. The molecule has 3 nitrogen and oxygen atoms in total. The molecule has 1 saturated heterocycles. The fraction of sp³-hybridized carbons (Fsp3) is 0.500. The third kappa shape index (κ3) is 3.94. The first-order valence-electron chi connectivity index (χ1n) is 6.49. The van der Waals surface area contributed by atoms with Crippen LogP contribution >= 0.6 is 27.5 Å². The van der Waals surface area contributed by atoms with Gasteiger partial charge in [0, 0.05) is 23.6 Å². The first kappa shape index (κ1) is 14.8. The molecule has 0 unspecified atom stereocenters. The summed E-state index contributed by atoms with van der Waals surface area (Å²) in [7, 11) is 1.98. The van der Waals surface area contributed by atoms with Crippen molar-refractivity contribution < 1.29 is 4.79 Å². The quantitative estimate of drug-likeness (QED) is 0.913. The Hall–Kier alpha value is -0.580. The van der Waals surface area contributed by atoms with Crippen LogP contribution in [-0.4, -0.2) is 37.0 Å². The van der Waals surface area contributed by atoms with Crippen molar-refractivity contribution in [1.82, 2.24) is 10.2 Å². The van der Waals surface area contributed by atoms with E-state index in [4.69, 9.17) is 11.6 Å². The van der Waals surface area contributed by atoms with Gasteiger partial charge >= 0.3 is 0 Å². The normalized spacial score (nSPS) is 16.7. The third-order valence-electron chi connectivity index (χ3n) is 3.60. The van der Waals surface area contributed by atoms with Crippen molar-refractivity contribution in [3.8, 4) is 0 Å². The summed E-state index contributed by atoms with van der Waals surface area (Å²) in [5.41, 5.74) is 0.997. The van der Waals surface area contributed by atoms with Crippen LogP contribution in [0.15, 0.2) is 22.7 Å². The molecular formula is C14H18BrClN2O. The molecule has 0 bridgehead atoms. The minimum atomic E-state index is 0.198. The van der Waals surface area contributed by atoms with Crippen molar-refractivity contribution in [1.29, 1.82) is 0 Å². The molecule has 1 heterocycles. The number of amides is 1. The maximum absolute atomic E-state index is 12.2. The Morgan fingerprint density at radius 3 is 2.74 bits per heavy atom. The molecule has 0 spiro atoms. The maximum Gasteiger partial charge on any atom is 0.226 e. The van der Waals surface area contributed by atoms with Gasteiger partial charge in [-0.2, -0.15) is 0 Å². The van der Waals surface area contributed by atoms with Gasteiger partial charge in [0.1, 0.15) is 0 Å². The van der Waals surface area contributed by atoms with Crippen LogP contribution < -0.4 is 5.32 Å². The highest BCUT2D eigenvalue weighted by atomic mass is 79.9.